The topological polar surface area (TPSA) is 77.6 Å². The number of nitrogens with zero attached hydrogens (tertiary/aromatic N) is 3. The van der Waals surface area contributed by atoms with Gasteiger partial charge in [-0.05, 0) is 22.9 Å². The molecule has 0 spiro atoms. The smallest absolute Gasteiger partial charge is 0.270 e. The van der Waals surface area contributed by atoms with Crippen LogP contribution < -0.4 is 0 Å². The maximum Gasteiger partial charge on any atom is 0.270 e. The maximum atomic E-state index is 13.6. The summed E-state index contributed by atoms with van der Waals surface area (Å²) < 4.78 is 7.58. The number of fused-ring (bicyclic) bond motifs is 2. The number of nitro benzene ring substituents is 1. The molecule has 2 heterocycles. The van der Waals surface area contributed by atoms with E-state index in [9.17, 15) is 14.9 Å². The van der Waals surface area contributed by atoms with E-state index < -0.39 is 4.92 Å². The van der Waals surface area contributed by atoms with Crippen molar-refractivity contribution in [3.8, 4) is 0 Å². The summed E-state index contributed by atoms with van der Waals surface area (Å²) in [6.07, 6.45) is 1.94. The number of morpholine rings is 1. The van der Waals surface area contributed by atoms with Crippen LogP contribution in [0.25, 0.3) is 21.7 Å². The Morgan fingerprint density at radius 2 is 1.75 bits per heavy atom. The number of rotatable bonds is 6. The molecule has 0 unspecified atom stereocenters. The average molecular weight is 429 g/mol. The first-order valence-corrected chi connectivity index (χ1v) is 10.7. The highest BCUT2D eigenvalue weighted by Gasteiger charge is 2.20. The standard InChI is InChI=1S/C25H23N3O4/c29-25(22-6-3-4-18-16-19(28(30)31)8-9-20(18)22)23-17-27(24-7-2-1-5-21(23)24)11-10-26-12-14-32-15-13-26/h1-9,16-17H,10-15H2. The molecule has 32 heavy (non-hydrogen) atoms. The van der Waals surface area contributed by atoms with Gasteiger partial charge in [0.2, 0.25) is 0 Å². The van der Waals surface area contributed by atoms with Crippen molar-refractivity contribution in [1.82, 2.24) is 9.47 Å². The van der Waals surface area contributed by atoms with Gasteiger partial charge < -0.3 is 9.30 Å². The van der Waals surface area contributed by atoms with Crippen LogP contribution in [0.4, 0.5) is 5.69 Å². The van der Waals surface area contributed by atoms with Crippen molar-refractivity contribution in [2.45, 2.75) is 6.54 Å². The van der Waals surface area contributed by atoms with E-state index >= 15 is 0 Å². The zero-order valence-corrected chi connectivity index (χ0v) is 17.6. The summed E-state index contributed by atoms with van der Waals surface area (Å²) in [5.74, 6) is -0.0780. The van der Waals surface area contributed by atoms with Gasteiger partial charge in [-0.25, -0.2) is 0 Å². The maximum absolute atomic E-state index is 13.6. The van der Waals surface area contributed by atoms with Crippen LogP contribution in [0.1, 0.15) is 15.9 Å². The average Bonchev–Trinajstić information content (AvgIpc) is 3.21. The molecule has 3 aromatic carbocycles. The molecule has 0 amide bonds. The zero-order valence-electron chi connectivity index (χ0n) is 17.6. The molecule has 0 radical (unpaired) electrons. The summed E-state index contributed by atoms with van der Waals surface area (Å²) in [5, 5.41) is 13.4. The number of carbonyl (C=O) groups excluding carboxylic acids is 1. The van der Waals surface area contributed by atoms with Gasteiger partial charge in [0.05, 0.1) is 18.1 Å². The molecule has 7 nitrogen and oxygen atoms in total. The number of hydrogen-bond acceptors (Lipinski definition) is 5. The van der Waals surface area contributed by atoms with Gasteiger partial charge in [0.15, 0.2) is 5.78 Å². The second kappa shape index (κ2) is 8.53. The number of para-hydroxylation sites is 1. The first-order chi connectivity index (χ1) is 15.6. The van der Waals surface area contributed by atoms with E-state index in [0.29, 0.717) is 21.9 Å². The molecule has 5 rings (SSSR count). The lowest BCUT2D eigenvalue weighted by atomic mass is 9.97. The summed E-state index contributed by atoms with van der Waals surface area (Å²) in [6.45, 7) is 5.05. The summed E-state index contributed by atoms with van der Waals surface area (Å²) in [5.41, 5.74) is 2.24. The second-order valence-corrected chi connectivity index (χ2v) is 8.00. The van der Waals surface area contributed by atoms with Crippen LogP contribution in [-0.2, 0) is 11.3 Å². The Morgan fingerprint density at radius 3 is 2.56 bits per heavy atom. The number of carbonyl (C=O) groups is 1. The largest absolute Gasteiger partial charge is 0.379 e. The number of hydrogen-bond donors (Lipinski definition) is 0. The van der Waals surface area contributed by atoms with Crippen LogP contribution in [0.5, 0.6) is 0 Å². The van der Waals surface area contributed by atoms with E-state index in [2.05, 4.69) is 9.47 Å². The van der Waals surface area contributed by atoms with E-state index in [1.807, 2.05) is 30.5 Å². The number of benzene rings is 3. The molecule has 0 atom stereocenters. The molecule has 1 saturated heterocycles. The fraction of sp³-hybridized carbons (Fsp3) is 0.240. The monoisotopic (exact) mass is 429 g/mol. The van der Waals surface area contributed by atoms with Crippen LogP contribution in [0.2, 0.25) is 0 Å². The van der Waals surface area contributed by atoms with E-state index in [1.165, 1.54) is 12.1 Å². The third kappa shape index (κ3) is 3.77. The highest BCUT2D eigenvalue weighted by molar-refractivity contribution is 6.21. The fourth-order valence-electron chi connectivity index (χ4n) is 4.41. The summed E-state index contributed by atoms with van der Waals surface area (Å²) in [4.78, 5) is 26.7. The van der Waals surface area contributed by atoms with E-state index in [1.54, 1.807) is 24.3 Å². The Hall–Kier alpha value is -3.55. The molecular weight excluding hydrogens is 406 g/mol. The molecule has 162 valence electrons. The quantitative estimate of drug-likeness (QED) is 0.260. The molecular formula is C25H23N3O4. The third-order valence-corrected chi connectivity index (χ3v) is 6.11. The predicted octanol–water partition coefficient (Wildman–Crippen LogP) is 4.27. The molecule has 7 heteroatoms. The summed E-state index contributed by atoms with van der Waals surface area (Å²) >= 11 is 0. The predicted molar refractivity (Wildman–Crippen MR) is 123 cm³/mol. The number of aromatic nitrogens is 1. The van der Waals surface area contributed by atoms with Crippen LogP contribution in [-0.4, -0.2) is 53.0 Å². The van der Waals surface area contributed by atoms with Gasteiger partial charge in [-0.15, -0.1) is 0 Å². The number of ketones is 1. The SMILES string of the molecule is O=C(c1cccc2cc([N+](=O)[O-])ccc12)c1cn(CCN2CCOCC2)c2ccccc12. The van der Waals surface area contributed by atoms with Crippen LogP contribution in [0, 0.1) is 10.1 Å². The number of ether oxygens (including phenoxy) is 1. The van der Waals surface area contributed by atoms with Gasteiger partial charge in [0.25, 0.3) is 5.69 Å². The molecule has 0 saturated carbocycles. The van der Waals surface area contributed by atoms with Gasteiger partial charge in [-0.2, -0.15) is 0 Å². The third-order valence-electron chi connectivity index (χ3n) is 6.11. The molecule has 1 aliphatic heterocycles. The van der Waals surface area contributed by atoms with Crippen molar-refractivity contribution in [3.05, 3.63) is 88.1 Å². The van der Waals surface area contributed by atoms with E-state index in [4.69, 9.17) is 4.74 Å². The summed E-state index contributed by atoms with van der Waals surface area (Å²) in [6, 6.07) is 17.9. The summed E-state index contributed by atoms with van der Waals surface area (Å²) in [7, 11) is 0. The first-order valence-electron chi connectivity index (χ1n) is 10.7. The lowest BCUT2D eigenvalue weighted by Gasteiger charge is -2.26. The molecule has 0 N–H and O–H groups in total. The van der Waals surface area contributed by atoms with Gasteiger partial charge in [0.1, 0.15) is 0 Å². The van der Waals surface area contributed by atoms with Crippen molar-refractivity contribution < 1.29 is 14.5 Å². The minimum atomic E-state index is -0.421. The van der Waals surface area contributed by atoms with Crippen molar-refractivity contribution in [3.63, 3.8) is 0 Å². The Bertz CT molecular complexity index is 1320. The Kier molecular flexibility index (Phi) is 5.43. The number of non-ortho nitro benzene ring substituents is 1. The van der Waals surface area contributed by atoms with Crippen molar-refractivity contribution in [2.75, 3.05) is 32.8 Å². The molecule has 4 aromatic rings. The van der Waals surface area contributed by atoms with Gasteiger partial charge in [-0.1, -0.05) is 36.4 Å². The highest BCUT2D eigenvalue weighted by Crippen LogP contribution is 2.29. The van der Waals surface area contributed by atoms with Crippen molar-refractivity contribution in [2.24, 2.45) is 0 Å². The van der Waals surface area contributed by atoms with Crippen LogP contribution in [0.3, 0.4) is 0 Å². The zero-order chi connectivity index (χ0) is 22.1. The van der Waals surface area contributed by atoms with Crippen molar-refractivity contribution in [1.29, 1.82) is 0 Å². The first kappa shape index (κ1) is 20.4. The lowest BCUT2D eigenvalue weighted by Crippen LogP contribution is -2.38. The molecule has 1 aromatic heterocycles. The van der Waals surface area contributed by atoms with E-state index in [-0.39, 0.29) is 11.5 Å². The minimum Gasteiger partial charge on any atom is -0.379 e. The Morgan fingerprint density at radius 1 is 0.938 bits per heavy atom. The van der Waals surface area contributed by atoms with Crippen LogP contribution >= 0.6 is 0 Å². The fourth-order valence-corrected chi connectivity index (χ4v) is 4.41. The molecule has 1 aliphatic rings. The normalized spacial score (nSPS) is 14.8. The number of nitro groups is 1. The molecule has 1 fully saturated rings. The molecule has 0 aliphatic carbocycles. The van der Waals surface area contributed by atoms with E-state index in [0.717, 1.165) is 50.3 Å². The Labute approximate surface area is 185 Å². The Balaban J connectivity index is 1.52. The minimum absolute atomic E-state index is 0.0156. The van der Waals surface area contributed by atoms with Crippen LogP contribution in [0.15, 0.2) is 66.9 Å². The molecule has 0 bridgehead atoms. The highest BCUT2D eigenvalue weighted by atomic mass is 16.6. The van der Waals surface area contributed by atoms with Gasteiger partial charge in [-0.3, -0.25) is 19.8 Å². The second-order valence-electron chi connectivity index (χ2n) is 8.00. The van der Waals surface area contributed by atoms with Gasteiger partial charge >= 0.3 is 0 Å². The lowest BCUT2D eigenvalue weighted by molar-refractivity contribution is -0.384. The van der Waals surface area contributed by atoms with Crippen molar-refractivity contribution >= 4 is 33.1 Å². The van der Waals surface area contributed by atoms with Gasteiger partial charge in [0, 0.05) is 66.5 Å².